The summed E-state index contributed by atoms with van der Waals surface area (Å²) in [4.78, 5) is 17.8. The molecule has 88 valence electrons. The van der Waals surface area contributed by atoms with E-state index >= 15 is 0 Å². The van der Waals surface area contributed by atoms with E-state index in [9.17, 15) is 4.79 Å². The smallest absolute Gasteiger partial charge is 0.253 e. The van der Waals surface area contributed by atoms with Crippen molar-refractivity contribution < 1.29 is 0 Å². The molecule has 16 heavy (non-hydrogen) atoms. The second kappa shape index (κ2) is 7.11. The van der Waals surface area contributed by atoms with Crippen LogP contribution in [0.25, 0.3) is 0 Å². The van der Waals surface area contributed by atoms with Crippen molar-refractivity contribution in [2.45, 2.75) is 30.8 Å². The van der Waals surface area contributed by atoms with Crippen LogP contribution in [-0.2, 0) is 0 Å². The molecule has 0 aliphatic rings. The number of nitrogens with zero attached hydrogens (tertiary/aromatic N) is 1. The Morgan fingerprint density at radius 1 is 1.50 bits per heavy atom. The molecule has 1 heterocycles. The molecule has 0 atom stereocenters. The lowest BCUT2D eigenvalue weighted by Crippen LogP contribution is -2.09. The van der Waals surface area contributed by atoms with Gasteiger partial charge in [0, 0.05) is 11.8 Å². The van der Waals surface area contributed by atoms with Crippen molar-refractivity contribution in [2.24, 2.45) is 0 Å². The van der Waals surface area contributed by atoms with Gasteiger partial charge in [0.15, 0.2) is 5.16 Å². The van der Waals surface area contributed by atoms with Crippen LogP contribution in [0.1, 0.15) is 25.7 Å². The third-order valence-electron chi connectivity index (χ3n) is 2.03. The number of nitrogen functional groups attached to an aromatic ring is 1. The minimum atomic E-state index is -0.193. The first-order chi connectivity index (χ1) is 7.72. The topological polar surface area (TPSA) is 71.8 Å². The fourth-order valence-electron chi connectivity index (χ4n) is 1.26. The molecule has 5 heteroatoms. The Balaban J connectivity index is 2.26. The van der Waals surface area contributed by atoms with Gasteiger partial charge in [-0.25, -0.2) is 4.98 Å². The van der Waals surface area contributed by atoms with Crippen molar-refractivity contribution in [3.63, 3.8) is 0 Å². The summed E-state index contributed by atoms with van der Waals surface area (Å²) in [6, 6.07) is 1.29. The molecule has 0 aliphatic heterocycles. The number of nitrogens with one attached hydrogen (secondary N) is 1. The van der Waals surface area contributed by atoms with Gasteiger partial charge in [0.1, 0.15) is 5.82 Å². The van der Waals surface area contributed by atoms with Crippen molar-refractivity contribution in [1.82, 2.24) is 9.97 Å². The zero-order chi connectivity index (χ0) is 11.8. The minimum absolute atomic E-state index is 0.193. The second-order valence-electron chi connectivity index (χ2n) is 3.46. The molecule has 4 nitrogen and oxygen atoms in total. The van der Waals surface area contributed by atoms with Crippen LogP contribution in [0.3, 0.4) is 0 Å². The van der Waals surface area contributed by atoms with Crippen molar-refractivity contribution in [2.75, 3.05) is 11.5 Å². The third kappa shape index (κ3) is 5.02. The van der Waals surface area contributed by atoms with Crippen molar-refractivity contribution >= 4 is 17.6 Å². The van der Waals surface area contributed by atoms with Crippen LogP contribution in [-0.4, -0.2) is 15.7 Å². The van der Waals surface area contributed by atoms with Crippen molar-refractivity contribution in [1.29, 1.82) is 0 Å². The average Bonchev–Trinajstić information content (AvgIpc) is 2.22. The summed E-state index contributed by atoms with van der Waals surface area (Å²) in [5.74, 6) is 1.22. The number of thioether (sulfide) groups is 1. The van der Waals surface area contributed by atoms with Gasteiger partial charge in [-0.15, -0.1) is 6.58 Å². The van der Waals surface area contributed by atoms with Crippen LogP contribution in [0.4, 0.5) is 5.82 Å². The number of hydrogen-bond donors (Lipinski definition) is 2. The molecule has 0 aliphatic carbocycles. The summed E-state index contributed by atoms with van der Waals surface area (Å²) in [6.45, 7) is 3.68. The summed E-state index contributed by atoms with van der Waals surface area (Å²) in [6.07, 6.45) is 6.45. The van der Waals surface area contributed by atoms with Gasteiger partial charge in [0.25, 0.3) is 5.56 Å². The molecule has 1 aromatic rings. The molecule has 0 saturated heterocycles. The Morgan fingerprint density at radius 3 is 3.00 bits per heavy atom. The van der Waals surface area contributed by atoms with E-state index in [1.165, 1.54) is 30.7 Å². The summed E-state index contributed by atoms with van der Waals surface area (Å²) >= 11 is 1.53. The van der Waals surface area contributed by atoms with Gasteiger partial charge in [-0.1, -0.05) is 24.3 Å². The first-order valence-corrected chi connectivity index (χ1v) is 6.31. The Morgan fingerprint density at radius 2 is 2.31 bits per heavy atom. The maximum Gasteiger partial charge on any atom is 0.253 e. The highest BCUT2D eigenvalue weighted by Crippen LogP contribution is 2.14. The Bertz CT molecular complexity index is 389. The number of hydrogen-bond acceptors (Lipinski definition) is 4. The lowest BCUT2D eigenvalue weighted by atomic mass is 10.2. The van der Waals surface area contributed by atoms with Gasteiger partial charge in [-0.2, -0.15) is 0 Å². The quantitative estimate of drug-likeness (QED) is 0.331. The van der Waals surface area contributed by atoms with Crippen LogP contribution in [0.15, 0.2) is 28.7 Å². The monoisotopic (exact) mass is 239 g/mol. The van der Waals surface area contributed by atoms with E-state index in [4.69, 9.17) is 5.73 Å². The molecule has 1 rings (SSSR count). The Hall–Kier alpha value is -1.23. The van der Waals surface area contributed by atoms with Crippen LogP contribution < -0.4 is 11.3 Å². The van der Waals surface area contributed by atoms with Gasteiger partial charge in [0.05, 0.1) is 0 Å². The highest BCUT2D eigenvalue weighted by atomic mass is 32.2. The highest BCUT2D eigenvalue weighted by molar-refractivity contribution is 7.99. The molecule has 0 aromatic carbocycles. The van der Waals surface area contributed by atoms with Gasteiger partial charge in [-0.05, 0) is 19.3 Å². The van der Waals surface area contributed by atoms with Crippen LogP contribution in [0, 0.1) is 0 Å². The highest BCUT2D eigenvalue weighted by Gasteiger charge is 1.99. The molecule has 0 spiro atoms. The standard InChI is InChI=1S/C11H17N3OS/c1-2-3-4-5-6-7-16-11-13-9(12)8-10(15)14-11/h2,8H,1,3-7H2,(H3,12,13,14,15). The molecule has 0 saturated carbocycles. The van der Waals surface area contributed by atoms with E-state index < -0.39 is 0 Å². The summed E-state index contributed by atoms with van der Waals surface area (Å²) in [7, 11) is 0. The molecule has 1 aromatic heterocycles. The maximum atomic E-state index is 11.1. The van der Waals surface area contributed by atoms with E-state index in [0.29, 0.717) is 5.16 Å². The van der Waals surface area contributed by atoms with Gasteiger partial charge in [-0.3, -0.25) is 4.79 Å². The first-order valence-electron chi connectivity index (χ1n) is 5.33. The predicted octanol–water partition coefficient (Wildman–Crippen LogP) is 2.19. The molecular weight excluding hydrogens is 222 g/mol. The number of anilines is 1. The Kier molecular flexibility index (Phi) is 5.71. The number of aromatic nitrogens is 2. The average molecular weight is 239 g/mol. The normalized spacial score (nSPS) is 10.2. The Labute approximate surface area is 99.4 Å². The molecule has 0 unspecified atom stereocenters. The molecule has 0 bridgehead atoms. The zero-order valence-electron chi connectivity index (χ0n) is 9.24. The van der Waals surface area contributed by atoms with Crippen molar-refractivity contribution in [3.8, 4) is 0 Å². The fraction of sp³-hybridized carbons (Fsp3) is 0.455. The molecule has 3 N–H and O–H groups in total. The SMILES string of the molecule is C=CCCCCCSc1nc(N)cc(=O)[nH]1. The number of H-pyrrole nitrogens is 1. The summed E-state index contributed by atoms with van der Waals surface area (Å²) in [5.41, 5.74) is 5.28. The van der Waals surface area contributed by atoms with E-state index in [2.05, 4.69) is 16.5 Å². The van der Waals surface area contributed by atoms with Crippen LogP contribution in [0.2, 0.25) is 0 Å². The van der Waals surface area contributed by atoms with Crippen LogP contribution >= 0.6 is 11.8 Å². The maximum absolute atomic E-state index is 11.1. The largest absolute Gasteiger partial charge is 0.383 e. The second-order valence-corrected chi connectivity index (χ2v) is 4.55. The fourth-order valence-corrected chi connectivity index (χ4v) is 2.14. The van der Waals surface area contributed by atoms with Gasteiger partial charge in [0.2, 0.25) is 0 Å². The van der Waals surface area contributed by atoms with E-state index in [0.717, 1.165) is 18.6 Å². The molecule has 0 amide bonds. The van der Waals surface area contributed by atoms with E-state index in [-0.39, 0.29) is 11.4 Å². The van der Waals surface area contributed by atoms with Crippen LogP contribution in [0.5, 0.6) is 0 Å². The lowest BCUT2D eigenvalue weighted by Gasteiger charge is -2.01. The summed E-state index contributed by atoms with van der Waals surface area (Å²) in [5, 5.41) is 0.605. The summed E-state index contributed by atoms with van der Waals surface area (Å²) < 4.78 is 0. The predicted molar refractivity (Wildman–Crippen MR) is 68.7 cm³/mol. The number of rotatable bonds is 7. The molecular formula is C11H17N3OS. The van der Waals surface area contributed by atoms with E-state index in [1.807, 2.05) is 6.08 Å². The number of nitrogens with two attached hydrogens (primary N) is 1. The number of allylic oxidation sites excluding steroid dienone is 1. The molecule has 0 fully saturated rings. The lowest BCUT2D eigenvalue weighted by molar-refractivity contribution is 0.734. The van der Waals surface area contributed by atoms with E-state index in [1.54, 1.807) is 0 Å². The first kappa shape index (κ1) is 12.8. The number of unbranched alkanes of at least 4 members (excludes halogenated alkanes) is 3. The minimum Gasteiger partial charge on any atom is -0.383 e. The van der Waals surface area contributed by atoms with Gasteiger partial charge >= 0.3 is 0 Å². The number of aromatic amines is 1. The molecule has 0 radical (unpaired) electrons. The zero-order valence-corrected chi connectivity index (χ0v) is 10.1. The van der Waals surface area contributed by atoms with Gasteiger partial charge < -0.3 is 10.7 Å². The third-order valence-corrected chi connectivity index (χ3v) is 2.99. The van der Waals surface area contributed by atoms with Crippen molar-refractivity contribution in [3.05, 3.63) is 29.1 Å².